The van der Waals surface area contributed by atoms with Crippen LogP contribution >= 0.6 is 11.6 Å². The van der Waals surface area contributed by atoms with Crippen LogP contribution in [0.1, 0.15) is 38.5 Å². The van der Waals surface area contributed by atoms with E-state index in [-0.39, 0.29) is 0 Å². The van der Waals surface area contributed by atoms with Crippen LogP contribution in [0.2, 0.25) is 5.02 Å². The van der Waals surface area contributed by atoms with Crippen molar-refractivity contribution < 1.29 is 0 Å². The van der Waals surface area contributed by atoms with Crippen molar-refractivity contribution in [3.05, 3.63) is 17.3 Å². The molecule has 2 N–H and O–H groups in total. The zero-order chi connectivity index (χ0) is 13.2. The van der Waals surface area contributed by atoms with Gasteiger partial charge in [0.2, 0.25) is 5.95 Å². The number of halogens is 1. The summed E-state index contributed by atoms with van der Waals surface area (Å²) in [4.78, 5) is 8.66. The monoisotopic (exact) mass is 278 g/mol. The first-order valence-corrected chi connectivity index (χ1v) is 7.39. The molecule has 1 aliphatic rings. The molecule has 0 saturated heterocycles. The van der Waals surface area contributed by atoms with Crippen LogP contribution < -0.4 is 5.73 Å². The number of aromatic nitrogens is 3. The predicted octanol–water partition coefficient (Wildman–Crippen LogP) is 3.64. The third kappa shape index (κ3) is 2.68. The standard InChI is InChI=1S/C14H19ClN4/c15-11-8-12-13(17-9-11)19(14(16)18-12)7-3-6-10-4-1-2-5-10/h8-10H,1-7H2,(H2,16,18). The number of nitrogens with zero attached hydrogens (tertiary/aromatic N) is 3. The molecule has 2 heterocycles. The van der Waals surface area contributed by atoms with Gasteiger partial charge in [0.1, 0.15) is 5.52 Å². The molecule has 2 aromatic heterocycles. The molecule has 0 radical (unpaired) electrons. The van der Waals surface area contributed by atoms with Crippen LogP contribution in [0.5, 0.6) is 0 Å². The molecule has 0 amide bonds. The highest BCUT2D eigenvalue weighted by atomic mass is 35.5. The number of aryl methyl sites for hydroxylation is 1. The largest absolute Gasteiger partial charge is 0.369 e. The Kier molecular flexibility index (Phi) is 3.60. The van der Waals surface area contributed by atoms with Crippen molar-refractivity contribution >= 4 is 28.7 Å². The molecular weight excluding hydrogens is 260 g/mol. The Morgan fingerprint density at radius 2 is 2.16 bits per heavy atom. The maximum atomic E-state index is 5.97. The number of imidazole rings is 1. The quantitative estimate of drug-likeness (QED) is 0.929. The normalized spacial score (nSPS) is 16.5. The minimum Gasteiger partial charge on any atom is -0.369 e. The summed E-state index contributed by atoms with van der Waals surface area (Å²) in [7, 11) is 0. The molecule has 0 spiro atoms. The first-order chi connectivity index (χ1) is 9.24. The lowest BCUT2D eigenvalue weighted by Gasteiger charge is -2.10. The van der Waals surface area contributed by atoms with E-state index in [1.54, 1.807) is 6.20 Å². The van der Waals surface area contributed by atoms with Gasteiger partial charge in [0.25, 0.3) is 0 Å². The predicted molar refractivity (Wildman–Crippen MR) is 78.1 cm³/mol. The molecule has 102 valence electrons. The SMILES string of the molecule is Nc1nc2cc(Cl)cnc2n1CCCC1CCCC1. The van der Waals surface area contributed by atoms with Crippen molar-refractivity contribution in [1.29, 1.82) is 0 Å². The van der Waals surface area contributed by atoms with E-state index in [1.165, 1.54) is 32.1 Å². The molecule has 0 aromatic carbocycles. The molecule has 0 aliphatic heterocycles. The highest BCUT2D eigenvalue weighted by Gasteiger charge is 2.15. The van der Waals surface area contributed by atoms with Gasteiger partial charge in [0.05, 0.1) is 5.02 Å². The second-order valence-electron chi connectivity index (χ2n) is 5.41. The van der Waals surface area contributed by atoms with Crippen molar-refractivity contribution in [1.82, 2.24) is 14.5 Å². The summed E-state index contributed by atoms with van der Waals surface area (Å²) in [5, 5.41) is 0.600. The van der Waals surface area contributed by atoms with Crippen LogP contribution in [0.4, 0.5) is 5.95 Å². The third-order valence-corrected chi connectivity index (χ3v) is 4.26. The summed E-state index contributed by atoms with van der Waals surface area (Å²) >= 11 is 5.92. The first kappa shape index (κ1) is 12.7. The molecule has 2 aromatic rings. The van der Waals surface area contributed by atoms with E-state index in [0.29, 0.717) is 11.0 Å². The van der Waals surface area contributed by atoms with Crippen molar-refractivity contribution in [2.24, 2.45) is 5.92 Å². The van der Waals surface area contributed by atoms with Crippen LogP contribution in [0.3, 0.4) is 0 Å². The lowest BCUT2D eigenvalue weighted by Crippen LogP contribution is -2.05. The second-order valence-corrected chi connectivity index (χ2v) is 5.85. The fourth-order valence-corrected chi connectivity index (χ4v) is 3.21. The third-order valence-electron chi connectivity index (χ3n) is 4.05. The van der Waals surface area contributed by atoms with Gasteiger partial charge in [-0.05, 0) is 24.8 Å². The highest BCUT2D eigenvalue weighted by molar-refractivity contribution is 6.31. The number of fused-ring (bicyclic) bond motifs is 1. The smallest absolute Gasteiger partial charge is 0.202 e. The summed E-state index contributed by atoms with van der Waals surface area (Å²) < 4.78 is 2.00. The van der Waals surface area contributed by atoms with E-state index in [1.807, 2.05) is 10.6 Å². The van der Waals surface area contributed by atoms with E-state index in [2.05, 4.69) is 9.97 Å². The van der Waals surface area contributed by atoms with E-state index in [0.717, 1.165) is 30.0 Å². The van der Waals surface area contributed by atoms with Gasteiger partial charge in [-0.3, -0.25) is 4.57 Å². The van der Waals surface area contributed by atoms with Crippen LogP contribution in [-0.2, 0) is 6.54 Å². The van der Waals surface area contributed by atoms with Gasteiger partial charge in [-0.2, -0.15) is 0 Å². The lowest BCUT2D eigenvalue weighted by atomic mass is 10.0. The Hall–Kier alpha value is -1.29. The minimum absolute atomic E-state index is 0.538. The van der Waals surface area contributed by atoms with E-state index in [4.69, 9.17) is 17.3 Å². The van der Waals surface area contributed by atoms with Gasteiger partial charge in [-0.1, -0.05) is 37.3 Å². The summed E-state index contributed by atoms with van der Waals surface area (Å²) in [6.45, 7) is 0.896. The van der Waals surface area contributed by atoms with E-state index < -0.39 is 0 Å². The van der Waals surface area contributed by atoms with Gasteiger partial charge in [-0.15, -0.1) is 0 Å². The maximum absolute atomic E-state index is 5.97. The van der Waals surface area contributed by atoms with Gasteiger partial charge in [0, 0.05) is 12.7 Å². The van der Waals surface area contributed by atoms with Gasteiger partial charge >= 0.3 is 0 Å². The number of nitrogens with two attached hydrogens (primary N) is 1. The summed E-state index contributed by atoms with van der Waals surface area (Å²) in [5.41, 5.74) is 7.59. The highest BCUT2D eigenvalue weighted by Crippen LogP contribution is 2.29. The van der Waals surface area contributed by atoms with Crippen LogP contribution in [-0.4, -0.2) is 14.5 Å². The average molecular weight is 279 g/mol. The van der Waals surface area contributed by atoms with Crippen molar-refractivity contribution in [2.75, 3.05) is 5.73 Å². The Labute approximate surface area is 118 Å². The molecular formula is C14H19ClN4. The second kappa shape index (κ2) is 5.37. The van der Waals surface area contributed by atoms with Crippen molar-refractivity contribution in [3.63, 3.8) is 0 Å². The molecule has 19 heavy (non-hydrogen) atoms. The van der Waals surface area contributed by atoms with Crippen molar-refractivity contribution in [2.45, 2.75) is 45.1 Å². The Bertz CT molecular complexity index is 572. The zero-order valence-electron chi connectivity index (χ0n) is 11.0. The molecule has 1 fully saturated rings. The molecule has 1 aliphatic carbocycles. The molecule has 0 atom stereocenters. The number of nitrogen functional groups attached to an aromatic ring is 1. The molecule has 0 bridgehead atoms. The number of anilines is 1. The number of hydrogen-bond acceptors (Lipinski definition) is 3. The number of hydrogen-bond donors (Lipinski definition) is 1. The lowest BCUT2D eigenvalue weighted by molar-refractivity contribution is 0.462. The molecule has 3 rings (SSSR count). The van der Waals surface area contributed by atoms with Crippen LogP contribution in [0, 0.1) is 5.92 Å². The fourth-order valence-electron chi connectivity index (χ4n) is 3.06. The topological polar surface area (TPSA) is 56.7 Å². The average Bonchev–Trinajstić information content (AvgIpc) is 2.98. The van der Waals surface area contributed by atoms with Gasteiger partial charge in [-0.25, -0.2) is 9.97 Å². The molecule has 0 unspecified atom stereocenters. The molecule has 4 nitrogen and oxygen atoms in total. The minimum atomic E-state index is 0.538. The fraction of sp³-hybridized carbons (Fsp3) is 0.571. The van der Waals surface area contributed by atoms with E-state index in [9.17, 15) is 0 Å². The van der Waals surface area contributed by atoms with E-state index >= 15 is 0 Å². The Balaban J connectivity index is 1.71. The van der Waals surface area contributed by atoms with Crippen LogP contribution in [0.25, 0.3) is 11.2 Å². The van der Waals surface area contributed by atoms with Gasteiger partial charge in [0.15, 0.2) is 5.65 Å². The Morgan fingerprint density at radius 1 is 1.37 bits per heavy atom. The van der Waals surface area contributed by atoms with Crippen LogP contribution in [0.15, 0.2) is 12.3 Å². The summed E-state index contributed by atoms with van der Waals surface area (Å²) in [6, 6.07) is 1.81. The zero-order valence-corrected chi connectivity index (χ0v) is 11.7. The number of pyridine rings is 1. The van der Waals surface area contributed by atoms with Gasteiger partial charge < -0.3 is 5.73 Å². The summed E-state index contributed by atoms with van der Waals surface area (Å²) in [5.74, 6) is 1.45. The number of rotatable bonds is 4. The summed E-state index contributed by atoms with van der Waals surface area (Å²) in [6.07, 6.45) is 9.68. The molecule has 1 saturated carbocycles. The Morgan fingerprint density at radius 3 is 2.95 bits per heavy atom. The first-order valence-electron chi connectivity index (χ1n) is 7.01. The maximum Gasteiger partial charge on any atom is 0.202 e. The van der Waals surface area contributed by atoms with Crippen molar-refractivity contribution in [3.8, 4) is 0 Å². The molecule has 5 heteroatoms.